The van der Waals surface area contributed by atoms with E-state index in [2.05, 4.69) is 43.1 Å². The number of hydrogen-bond donors (Lipinski definition) is 1. The van der Waals surface area contributed by atoms with Crippen LogP contribution in [0.5, 0.6) is 0 Å². The highest BCUT2D eigenvalue weighted by Crippen LogP contribution is 2.23. The molecule has 1 saturated heterocycles. The second kappa shape index (κ2) is 8.21. The summed E-state index contributed by atoms with van der Waals surface area (Å²) in [5.41, 5.74) is 2.17. The zero-order valence-corrected chi connectivity index (χ0v) is 17.0. The third kappa shape index (κ3) is 5.07. The van der Waals surface area contributed by atoms with Gasteiger partial charge in [-0.2, -0.15) is 0 Å². The SMILES string of the molecule is CC(C)C(=O)N1CCN(C(C)C(=O)Nc2ccc(C(C)(C)C)cc2)CC1. The van der Waals surface area contributed by atoms with Gasteiger partial charge in [0.15, 0.2) is 0 Å². The molecule has 1 fully saturated rings. The molecule has 1 aliphatic rings. The van der Waals surface area contributed by atoms with Crippen molar-refractivity contribution in [3.05, 3.63) is 29.8 Å². The van der Waals surface area contributed by atoms with Crippen molar-refractivity contribution in [1.82, 2.24) is 9.80 Å². The minimum Gasteiger partial charge on any atom is -0.340 e. The normalized spacial score (nSPS) is 17.3. The van der Waals surface area contributed by atoms with E-state index in [1.54, 1.807) is 0 Å². The van der Waals surface area contributed by atoms with Crippen molar-refractivity contribution in [2.45, 2.75) is 53.0 Å². The predicted octanol–water partition coefficient (Wildman–Crippen LogP) is 3.11. The fraction of sp³-hybridized carbons (Fsp3) is 0.619. The first-order valence-corrected chi connectivity index (χ1v) is 9.54. The highest BCUT2D eigenvalue weighted by Gasteiger charge is 2.28. The van der Waals surface area contributed by atoms with E-state index in [0.29, 0.717) is 13.1 Å². The molecule has 0 bridgehead atoms. The average Bonchev–Trinajstić information content (AvgIpc) is 2.60. The molecule has 1 aromatic rings. The number of anilines is 1. The van der Waals surface area contributed by atoms with Gasteiger partial charge in [0.2, 0.25) is 11.8 Å². The van der Waals surface area contributed by atoms with Gasteiger partial charge in [0, 0.05) is 37.8 Å². The van der Waals surface area contributed by atoms with Crippen LogP contribution in [0.1, 0.15) is 47.1 Å². The van der Waals surface area contributed by atoms with E-state index in [4.69, 9.17) is 0 Å². The Morgan fingerprint density at radius 3 is 1.96 bits per heavy atom. The van der Waals surface area contributed by atoms with Gasteiger partial charge in [-0.15, -0.1) is 0 Å². The van der Waals surface area contributed by atoms with Gasteiger partial charge in [0.05, 0.1) is 6.04 Å². The van der Waals surface area contributed by atoms with E-state index in [1.165, 1.54) is 5.56 Å². The molecule has 5 heteroatoms. The summed E-state index contributed by atoms with van der Waals surface area (Å²) in [5, 5.41) is 3.01. The lowest BCUT2D eigenvalue weighted by Crippen LogP contribution is -2.54. The zero-order chi connectivity index (χ0) is 19.5. The van der Waals surface area contributed by atoms with Gasteiger partial charge in [0.1, 0.15) is 0 Å². The van der Waals surface area contributed by atoms with Crippen LogP contribution in [0.2, 0.25) is 0 Å². The molecule has 2 rings (SSSR count). The largest absolute Gasteiger partial charge is 0.340 e. The standard InChI is InChI=1S/C21H33N3O2/c1-15(2)20(26)24-13-11-23(12-14-24)16(3)19(25)22-18-9-7-17(8-10-18)21(4,5)6/h7-10,15-16H,11-14H2,1-6H3,(H,22,25). The zero-order valence-electron chi connectivity index (χ0n) is 17.0. The number of nitrogens with zero attached hydrogens (tertiary/aromatic N) is 2. The number of carbonyl (C=O) groups is 2. The van der Waals surface area contributed by atoms with Crippen LogP contribution >= 0.6 is 0 Å². The van der Waals surface area contributed by atoms with E-state index >= 15 is 0 Å². The smallest absolute Gasteiger partial charge is 0.241 e. The second-order valence-electron chi connectivity index (χ2n) is 8.51. The molecule has 0 aliphatic carbocycles. The third-order valence-corrected chi connectivity index (χ3v) is 5.07. The second-order valence-corrected chi connectivity index (χ2v) is 8.51. The van der Waals surface area contributed by atoms with E-state index in [-0.39, 0.29) is 29.2 Å². The molecular formula is C21H33N3O2. The molecule has 1 N–H and O–H groups in total. The summed E-state index contributed by atoms with van der Waals surface area (Å²) < 4.78 is 0. The fourth-order valence-corrected chi connectivity index (χ4v) is 3.16. The maximum atomic E-state index is 12.6. The maximum absolute atomic E-state index is 12.6. The van der Waals surface area contributed by atoms with Crippen LogP contribution in [0.4, 0.5) is 5.69 Å². The quantitative estimate of drug-likeness (QED) is 0.899. The van der Waals surface area contributed by atoms with Crippen LogP contribution < -0.4 is 5.32 Å². The summed E-state index contributed by atoms with van der Waals surface area (Å²) in [4.78, 5) is 28.7. The Kier molecular flexibility index (Phi) is 6.45. The van der Waals surface area contributed by atoms with Gasteiger partial charge in [-0.05, 0) is 30.0 Å². The summed E-state index contributed by atoms with van der Waals surface area (Å²) in [6.07, 6.45) is 0. The molecule has 2 amide bonds. The molecule has 144 valence electrons. The van der Waals surface area contributed by atoms with Crippen molar-refractivity contribution in [3.8, 4) is 0 Å². The number of amides is 2. The van der Waals surface area contributed by atoms with Crippen molar-refractivity contribution in [2.24, 2.45) is 5.92 Å². The molecule has 1 heterocycles. The van der Waals surface area contributed by atoms with E-state index < -0.39 is 0 Å². The van der Waals surface area contributed by atoms with E-state index in [9.17, 15) is 9.59 Å². The number of hydrogen-bond acceptors (Lipinski definition) is 3. The highest BCUT2D eigenvalue weighted by atomic mass is 16.2. The Hall–Kier alpha value is -1.88. The average molecular weight is 360 g/mol. The van der Waals surface area contributed by atoms with E-state index in [0.717, 1.165) is 18.8 Å². The van der Waals surface area contributed by atoms with Crippen LogP contribution in [-0.4, -0.2) is 53.8 Å². The van der Waals surface area contributed by atoms with Crippen molar-refractivity contribution >= 4 is 17.5 Å². The minimum absolute atomic E-state index is 0.00264. The Morgan fingerprint density at radius 1 is 0.962 bits per heavy atom. The monoisotopic (exact) mass is 359 g/mol. The number of carbonyl (C=O) groups excluding carboxylic acids is 2. The summed E-state index contributed by atoms with van der Waals surface area (Å²) >= 11 is 0. The summed E-state index contributed by atoms with van der Waals surface area (Å²) in [7, 11) is 0. The fourth-order valence-electron chi connectivity index (χ4n) is 3.16. The van der Waals surface area contributed by atoms with Crippen LogP contribution in [-0.2, 0) is 15.0 Å². The van der Waals surface area contributed by atoms with Crippen molar-refractivity contribution in [2.75, 3.05) is 31.5 Å². The first-order valence-electron chi connectivity index (χ1n) is 9.54. The third-order valence-electron chi connectivity index (χ3n) is 5.07. The first kappa shape index (κ1) is 20.4. The number of rotatable bonds is 4. The number of piperazine rings is 1. The molecule has 26 heavy (non-hydrogen) atoms. The maximum Gasteiger partial charge on any atom is 0.241 e. The molecule has 1 unspecified atom stereocenters. The van der Waals surface area contributed by atoms with Gasteiger partial charge >= 0.3 is 0 Å². The number of nitrogens with one attached hydrogen (secondary N) is 1. The van der Waals surface area contributed by atoms with Gasteiger partial charge in [-0.25, -0.2) is 0 Å². The van der Waals surface area contributed by atoms with Gasteiger partial charge in [0.25, 0.3) is 0 Å². The topological polar surface area (TPSA) is 52.7 Å². The van der Waals surface area contributed by atoms with Crippen molar-refractivity contribution in [1.29, 1.82) is 0 Å². The molecule has 5 nitrogen and oxygen atoms in total. The van der Waals surface area contributed by atoms with Crippen molar-refractivity contribution in [3.63, 3.8) is 0 Å². The molecular weight excluding hydrogens is 326 g/mol. The lowest BCUT2D eigenvalue weighted by Gasteiger charge is -2.38. The van der Waals surface area contributed by atoms with Crippen LogP contribution in [0.15, 0.2) is 24.3 Å². The van der Waals surface area contributed by atoms with Crippen LogP contribution in [0.3, 0.4) is 0 Å². The summed E-state index contributed by atoms with van der Waals surface area (Å²) in [6, 6.07) is 7.84. The van der Waals surface area contributed by atoms with Gasteiger partial charge in [-0.3, -0.25) is 14.5 Å². The van der Waals surface area contributed by atoms with Crippen LogP contribution in [0.25, 0.3) is 0 Å². The molecule has 1 atom stereocenters. The summed E-state index contributed by atoms with van der Waals surface area (Å²) in [5.74, 6) is 0.219. The minimum atomic E-state index is -0.214. The number of benzene rings is 1. The molecule has 0 aromatic heterocycles. The Labute approximate surface area is 157 Å². The van der Waals surface area contributed by atoms with Gasteiger partial charge < -0.3 is 10.2 Å². The van der Waals surface area contributed by atoms with Crippen molar-refractivity contribution < 1.29 is 9.59 Å². The lowest BCUT2D eigenvalue weighted by molar-refractivity contribution is -0.136. The first-order chi connectivity index (χ1) is 12.1. The lowest BCUT2D eigenvalue weighted by atomic mass is 9.87. The summed E-state index contributed by atoms with van der Waals surface area (Å²) in [6.45, 7) is 15.1. The van der Waals surface area contributed by atoms with E-state index in [1.807, 2.05) is 37.8 Å². The Balaban J connectivity index is 1.89. The predicted molar refractivity (Wildman–Crippen MR) is 106 cm³/mol. The molecule has 1 aromatic carbocycles. The van der Waals surface area contributed by atoms with Crippen LogP contribution in [0, 0.1) is 5.92 Å². The highest BCUT2D eigenvalue weighted by molar-refractivity contribution is 5.94. The Morgan fingerprint density at radius 2 is 1.50 bits per heavy atom. The Bertz CT molecular complexity index is 624. The molecule has 0 saturated carbocycles. The molecule has 1 aliphatic heterocycles. The molecule has 0 spiro atoms. The molecule has 0 radical (unpaired) electrons. The van der Waals surface area contributed by atoms with Gasteiger partial charge in [-0.1, -0.05) is 46.8 Å².